The summed E-state index contributed by atoms with van der Waals surface area (Å²) in [6.45, 7) is 0. The predicted octanol–water partition coefficient (Wildman–Crippen LogP) is 4.31. The molecule has 1 nitrogen and oxygen atoms in total. The number of rotatable bonds is 4. The van der Waals surface area contributed by atoms with E-state index < -0.39 is 0 Å². The minimum Gasteiger partial charge on any atom is -0.390 e. The predicted molar refractivity (Wildman–Crippen MR) is 93.8 cm³/mol. The maximum atomic E-state index is 11.0. The van der Waals surface area contributed by atoms with Gasteiger partial charge in [-0.15, -0.1) is 23.5 Å². The Bertz CT molecular complexity index is 550. The van der Waals surface area contributed by atoms with Gasteiger partial charge in [0.1, 0.15) is 4.08 Å². The molecule has 0 aliphatic carbocycles. The van der Waals surface area contributed by atoms with Crippen molar-refractivity contribution in [2.75, 3.05) is 11.5 Å². The first kappa shape index (κ1) is 15.0. The van der Waals surface area contributed by atoms with Crippen molar-refractivity contribution in [1.29, 1.82) is 0 Å². The topological polar surface area (TPSA) is 20.2 Å². The third-order valence-electron chi connectivity index (χ3n) is 3.81. The number of hydrogen-bond donors (Lipinski definition) is 1. The molecule has 1 aliphatic heterocycles. The summed E-state index contributed by atoms with van der Waals surface area (Å²) in [4.78, 5) is 0. The van der Waals surface area contributed by atoms with Crippen molar-refractivity contribution < 1.29 is 5.11 Å². The second kappa shape index (κ2) is 6.91. The number of benzene rings is 2. The van der Waals surface area contributed by atoms with Crippen LogP contribution in [0.15, 0.2) is 60.7 Å². The first-order chi connectivity index (χ1) is 10.3. The molecule has 0 aromatic heterocycles. The highest BCUT2D eigenvalue weighted by molar-refractivity contribution is 8.18. The van der Waals surface area contributed by atoms with Crippen LogP contribution in [0.4, 0.5) is 0 Å². The molecule has 110 valence electrons. The maximum absolute atomic E-state index is 11.0. The number of aliphatic hydroxyl groups excluding tert-OH is 1. The molecule has 1 heterocycles. The Hall–Kier alpha value is -0.900. The SMILES string of the molecule is OC(Cc1ccccc1)C1(c2ccccc2)SCCCS1. The first-order valence-corrected chi connectivity index (χ1v) is 9.34. The molecule has 3 rings (SSSR count). The summed E-state index contributed by atoms with van der Waals surface area (Å²) in [6, 6.07) is 20.8. The van der Waals surface area contributed by atoms with E-state index in [4.69, 9.17) is 0 Å². The summed E-state index contributed by atoms with van der Waals surface area (Å²) in [5.74, 6) is 2.24. The van der Waals surface area contributed by atoms with Crippen LogP contribution < -0.4 is 0 Å². The van der Waals surface area contributed by atoms with E-state index in [0.717, 1.165) is 11.5 Å². The zero-order chi connectivity index (χ0) is 14.5. The lowest BCUT2D eigenvalue weighted by Gasteiger charge is -2.40. The number of thioether (sulfide) groups is 2. The summed E-state index contributed by atoms with van der Waals surface area (Å²) < 4.78 is -0.227. The molecule has 0 bridgehead atoms. The van der Waals surface area contributed by atoms with Crippen molar-refractivity contribution in [3.8, 4) is 0 Å². The van der Waals surface area contributed by atoms with Crippen LogP contribution >= 0.6 is 23.5 Å². The van der Waals surface area contributed by atoms with Crippen molar-refractivity contribution >= 4 is 23.5 Å². The average Bonchev–Trinajstić information content (AvgIpc) is 2.57. The number of hydrogen-bond acceptors (Lipinski definition) is 3. The van der Waals surface area contributed by atoms with Gasteiger partial charge >= 0.3 is 0 Å². The third kappa shape index (κ3) is 3.31. The van der Waals surface area contributed by atoms with E-state index in [9.17, 15) is 5.11 Å². The van der Waals surface area contributed by atoms with Crippen LogP contribution in [0.3, 0.4) is 0 Å². The lowest BCUT2D eigenvalue weighted by Crippen LogP contribution is -2.37. The minimum absolute atomic E-state index is 0.227. The van der Waals surface area contributed by atoms with E-state index >= 15 is 0 Å². The van der Waals surface area contributed by atoms with Gasteiger partial charge in [0.25, 0.3) is 0 Å². The quantitative estimate of drug-likeness (QED) is 0.907. The van der Waals surface area contributed by atoms with E-state index in [-0.39, 0.29) is 10.2 Å². The van der Waals surface area contributed by atoms with E-state index in [2.05, 4.69) is 36.4 Å². The standard InChI is InChI=1S/C18H20OS2/c19-17(14-15-8-3-1-4-9-15)18(20-12-7-13-21-18)16-10-5-2-6-11-16/h1-6,8-11,17,19H,7,12-14H2. The van der Waals surface area contributed by atoms with Crippen LogP contribution in [-0.2, 0) is 10.5 Å². The molecule has 1 aliphatic rings. The van der Waals surface area contributed by atoms with E-state index in [1.54, 1.807) is 0 Å². The second-order valence-electron chi connectivity index (χ2n) is 5.29. The third-order valence-corrected chi connectivity index (χ3v) is 7.37. The van der Waals surface area contributed by atoms with Gasteiger partial charge in [-0.2, -0.15) is 0 Å². The molecular weight excluding hydrogens is 296 g/mol. The van der Waals surface area contributed by atoms with Crippen LogP contribution in [0.1, 0.15) is 17.5 Å². The summed E-state index contributed by atoms with van der Waals surface area (Å²) in [5.41, 5.74) is 2.44. The molecule has 0 amide bonds. The Morgan fingerprint density at radius 3 is 2.10 bits per heavy atom. The zero-order valence-corrected chi connectivity index (χ0v) is 13.6. The molecule has 1 unspecified atom stereocenters. The van der Waals surface area contributed by atoms with Crippen molar-refractivity contribution in [2.45, 2.75) is 23.0 Å². The molecule has 2 aromatic rings. The van der Waals surface area contributed by atoms with Crippen LogP contribution in [0.25, 0.3) is 0 Å². The molecular formula is C18H20OS2. The molecule has 0 saturated carbocycles. The molecule has 21 heavy (non-hydrogen) atoms. The fourth-order valence-electron chi connectivity index (χ4n) is 2.74. The van der Waals surface area contributed by atoms with E-state index in [0.29, 0.717) is 6.42 Å². The van der Waals surface area contributed by atoms with Gasteiger partial charge in [0.05, 0.1) is 6.10 Å². The van der Waals surface area contributed by atoms with Gasteiger partial charge in [-0.25, -0.2) is 0 Å². The van der Waals surface area contributed by atoms with Gasteiger partial charge in [0.15, 0.2) is 0 Å². The maximum Gasteiger partial charge on any atom is 0.112 e. The highest BCUT2D eigenvalue weighted by Crippen LogP contribution is 2.53. The van der Waals surface area contributed by atoms with Crippen LogP contribution in [0, 0.1) is 0 Å². The van der Waals surface area contributed by atoms with Gasteiger partial charge < -0.3 is 5.11 Å². The van der Waals surface area contributed by atoms with Gasteiger partial charge in [0, 0.05) is 6.42 Å². The Balaban J connectivity index is 1.88. The van der Waals surface area contributed by atoms with E-state index in [1.807, 2.05) is 47.8 Å². The molecule has 0 radical (unpaired) electrons. The lowest BCUT2D eigenvalue weighted by molar-refractivity contribution is 0.160. The van der Waals surface area contributed by atoms with Gasteiger partial charge in [-0.05, 0) is 29.1 Å². The molecule has 1 fully saturated rings. The highest BCUT2D eigenvalue weighted by Gasteiger charge is 2.42. The van der Waals surface area contributed by atoms with Crippen LogP contribution in [0.5, 0.6) is 0 Å². The van der Waals surface area contributed by atoms with Crippen LogP contribution in [0.2, 0.25) is 0 Å². The van der Waals surface area contributed by atoms with Crippen molar-refractivity contribution in [3.05, 3.63) is 71.8 Å². The van der Waals surface area contributed by atoms with Crippen LogP contribution in [-0.4, -0.2) is 22.7 Å². The fourth-order valence-corrected chi connectivity index (χ4v) is 6.10. The van der Waals surface area contributed by atoms with Gasteiger partial charge in [0.2, 0.25) is 0 Å². The van der Waals surface area contributed by atoms with E-state index in [1.165, 1.54) is 17.5 Å². The Kier molecular flexibility index (Phi) is 4.94. The normalized spacial score (nSPS) is 19.1. The largest absolute Gasteiger partial charge is 0.390 e. The second-order valence-corrected chi connectivity index (χ2v) is 8.23. The molecule has 1 saturated heterocycles. The molecule has 3 heteroatoms. The lowest BCUT2D eigenvalue weighted by atomic mass is 10.00. The summed E-state index contributed by atoms with van der Waals surface area (Å²) >= 11 is 3.81. The molecule has 1 atom stereocenters. The Labute approximate surface area is 135 Å². The van der Waals surface area contributed by atoms with Crippen molar-refractivity contribution in [3.63, 3.8) is 0 Å². The first-order valence-electron chi connectivity index (χ1n) is 7.37. The number of aliphatic hydroxyl groups is 1. The van der Waals surface area contributed by atoms with Gasteiger partial charge in [-0.3, -0.25) is 0 Å². The molecule has 2 aromatic carbocycles. The minimum atomic E-state index is -0.377. The zero-order valence-electron chi connectivity index (χ0n) is 11.9. The Morgan fingerprint density at radius 2 is 1.48 bits per heavy atom. The summed E-state index contributed by atoms with van der Waals surface area (Å²) in [7, 11) is 0. The summed E-state index contributed by atoms with van der Waals surface area (Å²) in [5, 5.41) is 11.0. The van der Waals surface area contributed by atoms with Crippen molar-refractivity contribution in [2.24, 2.45) is 0 Å². The summed E-state index contributed by atoms with van der Waals surface area (Å²) in [6.07, 6.45) is 1.55. The Morgan fingerprint density at radius 1 is 0.905 bits per heavy atom. The highest BCUT2D eigenvalue weighted by atomic mass is 32.2. The average molecular weight is 316 g/mol. The monoisotopic (exact) mass is 316 g/mol. The fraction of sp³-hybridized carbons (Fsp3) is 0.333. The molecule has 1 N–H and O–H groups in total. The molecule has 0 spiro atoms. The van der Waals surface area contributed by atoms with Crippen molar-refractivity contribution in [1.82, 2.24) is 0 Å². The smallest absolute Gasteiger partial charge is 0.112 e. The van der Waals surface area contributed by atoms with Gasteiger partial charge in [-0.1, -0.05) is 60.7 Å².